The fourth-order valence-corrected chi connectivity index (χ4v) is 10.9. The predicted molar refractivity (Wildman–Crippen MR) is 146 cm³/mol. The van der Waals surface area contributed by atoms with Crippen molar-refractivity contribution in [1.82, 2.24) is 0 Å². The summed E-state index contributed by atoms with van der Waals surface area (Å²) in [4.78, 5) is 13.3. The van der Waals surface area contributed by atoms with E-state index in [-0.39, 0.29) is 45.3 Å². The molecule has 0 aromatic carbocycles. The highest BCUT2D eigenvalue weighted by molar-refractivity contribution is 5.77. The van der Waals surface area contributed by atoms with Crippen LogP contribution in [0.4, 0.5) is 0 Å². The van der Waals surface area contributed by atoms with Gasteiger partial charge in [0.2, 0.25) is 0 Å². The summed E-state index contributed by atoms with van der Waals surface area (Å²) in [5.41, 5.74) is 2.34. The molecule has 5 aliphatic rings. The summed E-state index contributed by atoms with van der Waals surface area (Å²) in [6.45, 7) is 21.1. The summed E-state index contributed by atoms with van der Waals surface area (Å²) in [5, 5.41) is 10.9. The first-order chi connectivity index (χ1) is 16.5. The highest BCUT2D eigenvalue weighted by Gasteiger charge is 2.68. The predicted octanol–water partition coefficient (Wildman–Crippen LogP) is 8.10. The number of aliphatic hydroxyl groups excluding tert-OH is 1. The normalized spacial score (nSPS) is 51.8. The van der Waals surface area contributed by atoms with Crippen molar-refractivity contribution in [1.29, 1.82) is 0 Å². The van der Waals surface area contributed by atoms with Crippen LogP contribution in [-0.2, 0) is 9.53 Å². The van der Waals surface area contributed by atoms with Crippen LogP contribution in [0.25, 0.3) is 0 Å². The fourth-order valence-electron chi connectivity index (χ4n) is 10.9. The van der Waals surface area contributed by atoms with Gasteiger partial charge in [0.15, 0.2) is 0 Å². The molecule has 0 aromatic rings. The van der Waals surface area contributed by atoms with E-state index >= 15 is 0 Å². The number of carbonyl (C=O) groups excluding carboxylic acids is 1. The van der Waals surface area contributed by atoms with Gasteiger partial charge in [-0.1, -0.05) is 53.2 Å². The summed E-state index contributed by atoms with van der Waals surface area (Å²) in [6.07, 6.45) is 13.8. The van der Waals surface area contributed by atoms with E-state index in [4.69, 9.17) is 4.74 Å². The van der Waals surface area contributed by atoms with E-state index in [0.717, 1.165) is 32.1 Å². The lowest BCUT2D eigenvalue weighted by Crippen LogP contribution is -2.64. The van der Waals surface area contributed by atoms with Crippen molar-refractivity contribution in [2.45, 2.75) is 139 Å². The van der Waals surface area contributed by atoms with E-state index in [1.807, 2.05) is 13.8 Å². The lowest BCUT2D eigenvalue weighted by Gasteiger charge is -2.71. The van der Waals surface area contributed by atoms with Gasteiger partial charge in [0.25, 0.3) is 0 Å². The van der Waals surface area contributed by atoms with E-state index in [1.165, 1.54) is 32.1 Å². The molecule has 1 N–H and O–H groups in total. The van der Waals surface area contributed by atoms with Crippen molar-refractivity contribution >= 4 is 5.97 Å². The molecule has 5 rings (SSSR count). The number of rotatable bonds is 2. The Morgan fingerprint density at radius 1 is 0.917 bits per heavy atom. The Morgan fingerprint density at radius 2 is 1.58 bits per heavy atom. The Kier molecular flexibility index (Phi) is 6.01. The van der Waals surface area contributed by atoms with Gasteiger partial charge in [-0.2, -0.15) is 0 Å². The number of ether oxygens (including phenoxy) is 1. The third-order valence-corrected chi connectivity index (χ3v) is 13.6. The van der Waals surface area contributed by atoms with Gasteiger partial charge in [0.05, 0.1) is 17.6 Å². The standard InChI is InChI=1S/C33H54O3/c1-21(2)36-27(35)30(6)17-16-29(5)18-19-32(8)22(23(29)20-30)10-11-25-31(7)14-13-26(34)28(3,4)24(31)12-15-33(25,32)9/h10,21,23-26,34H,11-20H2,1-9H3/t23-,24?,25?,26-,29+,30-,31-,32+,33+/m0/s1. The molecule has 3 heteroatoms. The molecule has 3 nitrogen and oxygen atoms in total. The fraction of sp³-hybridized carbons (Fsp3) is 0.909. The molecule has 0 heterocycles. The molecule has 36 heavy (non-hydrogen) atoms. The van der Waals surface area contributed by atoms with Crippen LogP contribution in [0, 0.1) is 50.2 Å². The van der Waals surface area contributed by atoms with Crippen molar-refractivity contribution in [3.8, 4) is 0 Å². The molecule has 0 aliphatic heterocycles. The number of fused-ring (bicyclic) bond motifs is 7. The molecule has 0 bridgehead atoms. The van der Waals surface area contributed by atoms with Crippen LogP contribution >= 0.6 is 0 Å². The maximum absolute atomic E-state index is 13.3. The van der Waals surface area contributed by atoms with E-state index in [1.54, 1.807) is 5.57 Å². The minimum Gasteiger partial charge on any atom is -0.463 e. The zero-order valence-electron chi connectivity index (χ0n) is 24.8. The third kappa shape index (κ3) is 3.42. The van der Waals surface area contributed by atoms with Crippen molar-refractivity contribution in [3.05, 3.63) is 11.6 Å². The van der Waals surface area contributed by atoms with Crippen LogP contribution < -0.4 is 0 Å². The van der Waals surface area contributed by atoms with Crippen molar-refractivity contribution in [2.24, 2.45) is 50.2 Å². The average Bonchev–Trinajstić information content (AvgIpc) is 2.78. The Labute approximate surface area is 221 Å². The SMILES string of the molecule is CC(C)OC(=O)[C@@]1(C)CC[C@]2(C)CC[C@]3(C)C(=CCC4[C@@]5(C)CC[C@H](O)C(C)(C)C5CC[C@]43C)[C@@H]2C1. The van der Waals surface area contributed by atoms with Gasteiger partial charge < -0.3 is 9.84 Å². The van der Waals surface area contributed by atoms with Crippen molar-refractivity contribution in [3.63, 3.8) is 0 Å². The van der Waals surface area contributed by atoms with Crippen LogP contribution in [0.3, 0.4) is 0 Å². The Morgan fingerprint density at radius 3 is 2.25 bits per heavy atom. The van der Waals surface area contributed by atoms with Crippen LogP contribution in [0.5, 0.6) is 0 Å². The van der Waals surface area contributed by atoms with Gasteiger partial charge >= 0.3 is 5.97 Å². The Bertz CT molecular complexity index is 949. The molecule has 4 fully saturated rings. The molecule has 0 saturated heterocycles. The molecule has 9 atom stereocenters. The molecule has 0 aromatic heterocycles. The number of allylic oxidation sites excluding steroid dienone is 2. The van der Waals surface area contributed by atoms with Gasteiger partial charge in [-0.25, -0.2) is 0 Å². The summed E-state index contributed by atoms with van der Waals surface area (Å²) in [5.74, 6) is 1.74. The molecular weight excluding hydrogens is 444 g/mol. The third-order valence-electron chi connectivity index (χ3n) is 13.6. The first-order valence-electron chi connectivity index (χ1n) is 15.1. The summed E-state index contributed by atoms with van der Waals surface area (Å²) in [7, 11) is 0. The molecule has 204 valence electrons. The number of hydrogen-bond acceptors (Lipinski definition) is 3. The minimum atomic E-state index is -0.377. The first-order valence-corrected chi connectivity index (χ1v) is 15.1. The second-order valence-corrected chi connectivity index (χ2v) is 16.1. The molecule has 5 aliphatic carbocycles. The lowest BCUT2D eigenvalue weighted by molar-refractivity contribution is -0.203. The van der Waals surface area contributed by atoms with E-state index in [9.17, 15) is 9.90 Å². The second kappa shape index (κ2) is 8.09. The topological polar surface area (TPSA) is 46.5 Å². The molecule has 0 spiro atoms. The number of esters is 1. The van der Waals surface area contributed by atoms with Gasteiger partial charge in [-0.05, 0) is 130 Å². The van der Waals surface area contributed by atoms with Gasteiger partial charge in [-0.15, -0.1) is 0 Å². The smallest absolute Gasteiger partial charge is 0.312 e. The van der Waals surface area contributed by atoms with Crippen molar-refractivity contribution < 1.29 is 14.6 Å². The molecular formula is C33H54O3. The number of hydrogen-bond donors (Lipinski definition) is 1. The van der Waals surface area contributed by atoms with Gasteiger partial charge in [-0.3, -0.25) is 4.79 Å². The van der Waals surface area contributed by atoms with Crippen LogP contribution in [0.2, 0.25) is 0 Å². The zero-order chi connectivity index (χ0) is 26.5. The van der Waals surface area contributed by atoms with Crippen LogP contribution in [0.15, 0.2) is 11.6 Å². The quantitative estimate of drug-likeness (QED) is 0.309. The summed E-state index contributed by atoms with van der Waals surface area (Å²) < 4.78 is 5.79. The maximum atomic E-state index is 13.3. The number of carbonyl (C=O) groups is 1. The van der Waals surface area contributed by atoms with E-state index < -0.39 is 0 Å². The highest BCUT2D eigenvalue weighted by Crippen LogP contribution is 2.75. The molecule has 4 saturated carbocycles. The van der Waals surface area contributed by atoms with Gasteiger partial charge in [0.1, 0.15) is 0 Å². The Balaban J connectivity index is 1.52. The highest BCUT2D eigenvalue weighted by atomic mass is 16.5. The van der Waals surface area contributed by atoms with Crippen molar-refractivity contribution in [2.75, 3.05) is 0 Å². The monoisotopic (exact) mass is 498 g/mol. The summed E-state index contributed by atoms with van der Waals surface area (Å²) >= 11 is 0. The second-order valence-electron chi connectivity index (χ2n) is 16.1. The Hall–Kier alpha value is -0.830. The molecule has 2 unspecified atom stereocenters. The molecule has 0 radical (unpaired) electrons. The summed E-state index contributed by atoms with van der Waals surface area (Å²) in [6, 6.07) is 0. The minimum absolute atomic E-state index is 0.00762. The lowest BCUT2D eigenvalue weighted by atomic mass is 9.33. The van der Waals surface area contributed by atoms with E-state index in [0.29, 0.717) is 23.2 Å². The van der Waals surface area contributed by atoms with E-state index in [2.05, 4.69) is 54.5 Å². The maximum Gasteiger partial charge on any atom is 0.312 e. The van der Waals surface area contributed by atoms with Crippen LogP contribution in [0.1, 0.15) is 127 Å². The average molecular weight is 499 g/mol. The zero-order valence-corrected chi connectivity index (χ0v) is 24.8. The number of aliphatic hydroxyl groups is 1. The largest absolute Gasteiger partial charge is 0.463 e. The molecule has 0 amide bonds. The van der Waals surface area contributed by atoms with Crippen LogP contribution in [-0.4, -0.2) is 23.3 Å². The first kappa shape index (κ1) is 26.8. The van der Waals surface area contributed by atoms with Gasteiger partial charge in [0, 0.05) is 0 Å².